The fraction of sp³-hybridized carbons (Fsp3) is 0.333. The van der Waals surface area contributed by atoms with E-state index in [1.165, 1.54) is 0 Å². The number of methoxy groups -OCH3 is 1. The highest BCUT2D eigenvalue weighted by molar-refractivity contribution is 5.59. The molecule has 0 radical (unpaired) electrons. The molecule has 0 bridgehead atoms. The van der Waals surface area contributed by atoms with Crippen LogP contribution in [-0.4, -0.2) is 20.3 Å². The average Bonchev–Trinajstić information content (AvgIpc) is 2.14. The first-order valence-electron chi connectivity index (χ1n) is 4.00. The number of ether oxygens (including phenoxy) is 1. The second kappa shape index (κ2) is 4.54. The molecule has 0 atom stereocenters. The highest BCUT2D eigenvalue weighted by Gasteiger charge is 1.97. The van der Waals surface area contributed by atoms with Crippen molar-refractivity contribution in [2.45, 2.75) is 0 Å². The highest BCUT2D eigenvalue weighted by atomic mass is 19.1. The van der Waals surface area contributed by atoms with Gasteiger partial charge in [0.1, 0.15) is 12.4 Å². The number of rotatable bonds is 4. The second-order valence-electron chi connectivity index (χ2n) is 2.61. The van der Waals surface area contributed by atoms with Crippen LogP contribution in [0.4, 0.5) is 15.8 Å². The normalized spacial score (nSPS) is 9.69. The van der Waals surface area contributed by atoms with E-state index in [4.69, 9.17) is 10.5 Å². The number of benzene rings is 1. The van der Waals surface area contributed by atoms with Gasteiger partial charge in [-0.3, -0.25) is 0 Å². The van der Waals surface area contributed by atoms with Crippen molar-refractivity contribution >= 4 is 11.4 Å². The Labute approximate surface area is 76.7 Å². The van der Waals surface area contributed by atoms with Crippen LogP contribution in [0.3, 0.4) is 0 Å². The lowest BCUT2D eigenvalue weighted by Gasteiger charge is -2.07. The van der Waals surface area contributed by atoms with Gasteiger partial charge < -0.3 is 15.8 Å². The van der Waals surface area contributed by atoms with Crippen molar-refractivity contribution in [3.05, 3.63) is 18.2 Å². The first-order valence-corrected chi connectivity index (χ1v) is 4.00. The molecule has 0 spiro atoms. The molecule has 0 aliphatic rings. The maximum absolute atomic E-state index is 11.8. The zero-order valence-corrected chi connectivity index (χ0v) is 7.51. The van der Waals surface area contributed by atoms with Crippen LogP contribution in [0, 0.1) is 0 Å². The van der Waals surface area contributed by atoms with Gasteiger partial charge in [-0.15, -0.1) is 0 Å². The first-order chi connectivity index (χ1) is 6.26. The van der Waals surface area contributed by atoms with Crippen LogP contribution in [0.2, 0.25) is 0 Å². The molecule has 0 heterocycles. The zero-order chi connectivity index (χ0) is 9.68. The third-order valence-electron chi connectivity index (χ3n) is 1.59. The van der Waals surface area contributed by atoms with Gasteiger partial charge in [-0.1, -0.05) is 0 Å². The van der Waals surface area contributed by atoms with Crippen molar-refractivity contribution in [1.82, 2.24) is 0 Å². The molecule has 0 amide bonds. The summed E-state index contributed by atoms with van der Waals surface area (Å²) in [5.41, 5.74) is 6.96. The van der Waals surface area contributed by atoms with E-state index in [9.17, 15) is 4.39 Å². The van der Waals surface area contributed by atoms with Gasteiger partial charge in [0.05, 0.1) is 7.11 Å². The van der Waals surface area contributed by atoms with E-state index in [0.29, 0.717) is 11.4 Å². The summed E-state index contributed by atoms with van der Waals surface area (Å²) >= 11 is 0. The van der Waals surface area contributed by atoms with Crippen LogP contribution >= 0.6 is 0 Å². The number of anilines is 2. The Balaban J connectivity index is 2.76. The molecule has 1 rings (SSSR count). The Morgan fingerprint density at radius 2 is 2.23 bits per heavy atom. The van der Waals surface area contributed by atoms with E-state index in [-0.39, 0.29) is 6.54 Å². The maximum atomic E-state index is 11.8. The number of nitrogens with two attached hydrogens (primary N) is 1. The largest absolute Gasteiger partial charge is 0.497 e. The summed E-state index contributed by atoms with van der Waals surface area (Å²) < 4.78 is 16.8. The molecule has 1 aromatic rings. The summed E-state index contributed by atoms with van der Waals surface area (Å²) in [5, 5.41) is 2.87. The monoisotopic (exact) mass is 184 g/mol. The van der Waals surface area contributed by atoms with Gasteiger partial charge in [0.25, 0.3) is 0 Å². The van der Waals surface area contributed by atoms with Crippen molar-refractivity contribution in [2.75, 3.05) is 31.4 Å². The van der Waals surface area contributed by atoms with Gasteiger partial charge in [0.15, 0.2) is 0 Å². The van der Waals surface area contributed by atoms with Gasteiger partial charge in [0.2, 0.25) is 0 Å². The zero-order valence-electron chi connectivity index (χ0n) is 7.51. The van der Waals surface area contributed by atoms with Gasteiger partial charge in [0, 0.05) is 30.1 Å². The standard InChI is InChI=1S/C9H13FN2O/c1-13-9-5-7(11)4-8(6-9)12-3-2-10/h4-6,12H,2-3,11H2,1H3. The topological polar surface area (TPSA) is 47.3 Å². The average molecular weight is 184 g/mol. The molecule has 72 valence electrons. The highest BCUT2D eigenvalue weighted by Crippen LogP contribution is 2.21. The summed E-state index contributed by atoms with van der Waals surface area (Å²) in [7, 11) is 1.56. The molecule has 1 aromatic carbocycles. The molecule has 4 heteroatoms. The molecule has 0 fully saturated rings. The SMILES string of the molecule is COc1cc(N)cc(NCCF)c1. The predicted molar refractivity (Wildman–Crippen MR) is 51.9 cm³/mol. The number of nitrogen functional groups attached to an aromatic ring is 1. The smallest absolute Gasteiger partial charge is 0.122 e. The Kier molecular flexibility index (Phi) is 3.37. The van der Waals surface area contributed by atoms with Crippen molar-refractivity contribution in [1.29, 1.82) is 0 Å². The van der Waals surface area contributed by atoms with Crippen molar-refractivity contribution in [3.8, 4) is 5.75 Å². The summed E-state index contributed by atoms with van der Waals surface area (Å²) in [6.45, 7) is -0.121. The Morgan fingerprint density at radius 3 is 2.85 bits per heavy atom. The van der Waals surface area contributed by atoms with Crippen molar-refractivity contribution in [2.24, 2.45) is 0 Å². The lowest BCUT2D eigenvalue weighted by molar-refractivity contribution is 0.415. The molecule has 0 unspecified atom stereocenters. The minimum Gasteiger partial charge on any atom is -0.497 e. The van der Waals surface area contributed by atoms with E-state index >= 15 is 0 Å². The molecular weight excluding hydrogens is 171 g/mol. The molecule has 0 aliphatic heterocycles. The first kappa shape index (κ1) is 9.64. The number of hydrogen-bond donors (Lipinski definition) is 2. The molecular formula is C9H13FN2O. The second-order valence-corrected chi connectivity index (χ2v) is 2.61. The van der Waals surface area contributed by atoms with Gasteiger partial charge in [-0.05, 0) is 6.07 Å². The predicted octanol–water partition coefficient (Wildman–Crippen LogP) is 1.66. The Bertz CT molecular complexity index is 278. The number of hydrogen-bond acceptors (Lipinski definition) is 3. The number of halogens is 1. The van der Waals surface area contributed by atoms with E-state index in [1.807, 2.05) is 0 Å². The molecule has 13 heavy (non-hydrogen) atoms. The molecule has 3 nitrogen and oxygen atoms in total. The van der Waals surface area contributed by atoms with E-state index in [1.54, 1.807) is 25.3 Å². The van der Waals surface area contributed by atoms with Gasteiger partial charge in [-0.2, -0.15) is 0 Å². The summed E-state index contributed by atoms with van der Waals surface area (Å²) in [6, 6.07) is 5.21. The third-order valence-corrected chi connectivity index (χ3v) is 1.59. The Morgan fingerprint density at radius 1 is 1.46 bits per heavy atom. The van der Waals surface area contributed by atoms with Crippen molar-refractivity contribution in [3.63, 3.8) is 0 Å². The lowest BCUT2D eigenvalue weighted by atomic mass is 10.2. The molecule has 0 aliphatic carbocycles. The minimum atomic E-state index is -0.406. The van der Waals surface area contributed by atoms with Crippen LogP contribution in [0.5, 0.6) is 5.75 Å². The van der Waals surface area contributed by atoms with Gasteiger partial charge >= 0.3 is 0 Å². The quantitative estimate of drug-likeness (QED) is 0.699. The van der Waals surface area contributed by atoms with Gasteiger partial charge in [-0.25, -0.2) is 4.39 Å². The fourth-order valence-corrected chi connectivity index (χ4v) is 1.03. The summed E-state index contributed by atoms with van der Waals surface area (Å²) in [6.07, 6.45) is 0. The fourth-order valence-electron chi connectivity index (χ4n) is 1.03. The molecule has 0 aromatic heterocycles. The molecule has 3 N–H and O–H groups in total. The molecule has 0 saturated heterocycles. The third kappa shape index (κ3) is 2.82. The number of alkyl halides is 1. The van der Waals surface area contributed by atoms with Crippen LogP contribution in [0.25, 0.3) is 0 Å². The summed E-state index contributed by atoms with van der Waals surface area (Å²) in [5.74, 6) is 0.668. The van der Waals surface area contributed by atoms with Crippen LogP contribution in [0.15, 0.2) is 18.2 Å². The van der Waals surface area contributed by atoms with Crippen molar-refractivity contribution < 1.29 is 9.13 Å². The molecule has 0 saturated carbocycles. The van der Waals surface area contributed by atoms with Crippen LogP contribution in [0.1, 0.15) is 0 Å². The van der Waals surface area contributed by atoms with Crippen LogP contribution < -0.4 is 15.8 Å². The van der Waals surface area contributed by atoms with E-state index < -0.39 is 6.67 Å². The Hall–Kier alpha value is -1.45. The maximum Gasteiger partial charge on any atom is 0.122 e. The van der Waals surface area contributed by atoms with E-state index in [0.717, 1.165) is 5.69 Å². The number of nitrogens with one attached hydrogen (secondary N) is 1. The van der Waals surface area contributed by atoms with E-state index in [2.05, 4.69) is 5.32 Å². The minimum absolute atomic E-state index is 0.284. The lowest BCUT2D eigenvalue weighted by Crippen LogP contribution is -2.03. The van der Waals surface area contributed by atoms with Crippen LogP contribution in [-0.2, 0) is 0 Å². The summed E-state index contributed by atoms with van der Waals surface area (Å²) in [4.78, 5) is 0.